The highest BCUT2D eigenvalue weighted by Gasteiger charge is 2.16. The Labute approximate surface area is 145 Å². The fourth-order valence-corrected chi connectivity index (χ4v) is 2.60. The standard InChI is InChI=1S/C17H21N3O3S/c1-11-4-6-14(7-5-11)9-18-16(21)10-24-13(3)17(22)19-15-8-12(2)23-20-15/h4-8,13H,9-10H2,1-3H3,(H,18,21)(H,19,20,22). The molecule has 1 unspecified atom stereocenters. The van der Waals surface area contributed by atoms with Crippen LogP contribution in [-0.2, 0) is 16.1 Å². The molecule has 0 bridgehead atoms. The maximum absolute atomic E-state index is 12.0. The van der Waals surface area contributed by atoms with Crippen LogP contribution < -0.4 is 10.6 Å². The van der Waals surface area contributed by atoms with Gasteiger partial charge in [0.15, 0.2) is 5.82 Å². The summed E-state index contributed by atoms with van der Waals surface area (Å²) < 4.78 is 4.89. The quantitative estimate of drug-likeness (QED) is 0.804. The summed E-state index contributed by atoms with van der Waals surface area (Å²) in [6, 6.07) is 9.63. The van der Waals surface area contributed by atoms with Crippen molar-refractivity contribution < 1.29 is 14.1 Å². The Hall–Kier alpha value is -2.28. The zero-order valence-electron chi connectivity index (χ0n) is 14.0. The molecule has 0 aliphatic rings. The topological polar surface area (TPSA) is 84.2 Å². The molecule has 0 saturated carbocycles. The van der Waals surface area contributed by atoms with E-state index in [1.54, 1.807) is 19.9 Å². The van der Waals surface area contributed by atoms with Crippen molar-refractivity contribution in [1.29, 1.82) is 0 Å². The first kappa shape index (κ1) is 18.1. The summed E-state index contributed by atoms with van der Waals surface area (Å²) in [5.74, 6) is 0.921. The number of benzene rings is 1. The molecule has 6 nitrogen and oxygen atoms in total. The molecule has 0 aliphatic heterocycles. The highest BCUT2D eigenvalue weighted by molar-refractivity contribution is 8.01. The lowest BCUT2D eigenvalue weighted by Gasteiger charge is -2.10. The molecule has 0 fully saturated rings. The molecule has 2 amide bonds. The van der Waals surface area contributed by atoms with E-state index in [0.29, 0.717) is 18.1 Å². The van der Waals surface area contributed by atoms with Gasteiger partial charge in [0, 0.05) is 12.6 Å². The van der Waals surface area contributed by atoms with E-state index < -0.39 is 0 Å². The average molecular weight is 347 g/mol. The van der Waals surface area contributed by atoms with Gasteiger partial charge in [-0.1, -0.05) is 35.0 Å². The maximum Gasteiger partial charge on any atom is 0.238 e. The van der Waals surface area contributed by atoms with Gasteiger partial charge in [-0.05, 0) is 26.3 Å². The van der Waals surface area contributed by atoms with Crippen molar-refractivity contribution in [3.8, 4) is 0 Å². The van der Waals surface area contributed by atoms with Gasteiger partial charge < -0.3 is 15.2 Å². The molecular weight excluding hydrogens is 326 g/mol. The van der Waals surface area contributed by atoms with Crippen molar-refractivity contribution in [2.75, 3.05) is 11.1 Å². The lowest BCUT2D eigenvalue weighted by Crippen LogP contribution is -2.28. The van der Waals surface area contributed by atoms with E-state index in [4.69, 9.17) is 4.52 Å². The number of aryl methyl sites for hydroxylation is 2. The number of anilines is 1. The first-order valence-electron chi connectivity index (χ1n) is 7.62. The molecule has 0 saturated heterocycles. The first-order chi connectivity index (χ1) is 11.4. The number of carbonyl (C=O) groups excluding carboxylic acids is 2. The van der Waals surface area contributed by atoms with Gasteiger partial charge in [0.2, 0.25) is 11.8 Å². The molecule has 128 valence electrons. The van der Waals surface area contributed by atoms with Crippen LogP contribution in [0.5, 0.6) is 0 Å². The second kappa shape index (κ2) is 8.54. The minimum Gasteiger partial charge on any atom is -0.360 e. The molecule has 0 radical (unpaired) electrons. The molecule has 24 heavy (non-hydrogen) atoms. The van der Waals surface area contributed by atoms with Crippen LogP contribution in [0.2, 0.25) is 0 Å². The van der Waals surface area contributed by atoms with E-state index in [1.807, 2.05) is 31.2 Å². The molecule has 0 aliphatic carbocycles. The fraction of sp³-hybridized carbons (Fsp3) is 0.353. The molecule has 1 aromatic heterocycles. The van der Waals surface area contributed by atoms with Gasteiger partial charge in [-0.15, -0.1) is 11.8 Å². The van der Waals surface area contributed by atoms with E-state index in [0.717, 1.165) is 5.56 Å². The zero-order chi connectivity index (χ0) is 17.5. The van der Waals surface area contributed by atoms with Gasteiger partial charge in [0.1, 0.15) is 5.76 Å². The van der Waals surface area contributed by atoms with E-state index in [9.17, 15) is 9.59 Å². The van der Waals surface area contributed by atoms with Crippen molar-refractivity contribution in [2.45, 2.75) is 32.6 Å². The third-order valence-corrected chi connectivity index (χ3v) is 4.47. The lowest BCUT2D eigenvalue weighted by molar-refractivity contribution is -0.118. The summed E-state index contributed by atoms with van der Waals surface area (Å²) in [6.45, 7) is 6.00. The highest BCUT2D eigenvalue weighted by Crippen LogP contribution is 2.14. The van der Waals surface area contributed by atoms with Gasteiger partial charge in [-0.25, -0.2) is 0 Å². The van der Waals surface area contributed by atoms with Gasteiger partial charge >= 0.3 is 0 Å². The molecular formula is C17H21N3O3S. The predicted molar refractivity (Wildman–Crippen MR) is 94.8 cm³/mol. The largest absolute Gasteiger partial charge is 0.360 e. The number of hydrogen-bond donors (Lipinski definition) is 2. The molecule has 1 aromatic carbocycles. The number of nitrogens with one attached hydrogen (secondary N) is 2. The van der Waals surface area contributed by atoms with Gasteiger partial charge in [0.05, 0.1) is 11.0 Å². The molecule has 0 spiro atoms. The summed E-state index contributed by atoms with van der Waals surface area (Å²) in [5, 5.41) is 8.84. The second-order valence-electron chi connectivity index (χ2n) is 5.53. The summed E-state index contributed by atoms with van der Waals surface area (Å²) in [7, 11) is 0. The van der Waals surface area contributed by atoms with Crippen LogP contribution in [0.15, 0.2) is 34.9 Å². The number of amides is 2. The van der Waals surface area contributed by atoms with Gasteiger partial charge in [0.25, 0.3) is 0 Å². The van der Waals surface area contributed by atoms with Gasteiger partial charge in [-0.2, -0.15) is 0 Å². The van der Waals surface area contributed by atoms with Crippen molar-refractivity contribution in [1.82, 2.24) is 10.5 Å². The Morgan fingerprint density at radius 2 is 1.96 bits per heavy atom. The number of thioether (sulfide) groups is 1. The Morgan fingerprint density at radius 3 is 2.58 bits per heavy atom. The van der Waals surface area contributed by atoms with E-state index >= 15 is 0 Å². The molecule has 7 heteroatoms. The Kier molecular flexibility index (Phi) is 6.43. The van der Waals surface area contributed by atoms with Crippen molar-refractivity contribution >= 4 is 29.4 Å². The Bertz CT molecular complexity index is 697. The second-order valence-corrected chi connectivity index (χ2v) is 6.86. The van der Waals surface area contributed by atoms with E-state index in [-0.39, 0.29) is 22.8 Å². The molecule has 2 rings (SSSR count). The SMILES string of the molecule is Cc1ccc(CNC(=O)CSC(C)C(=O)Nc2cc(C)on2)cc1. The summed E-state index contributed by atoms with van der Waals surface area (Å²) >= 11 is 1.27. The van der Waals surface area contributed by atoms with E-state index in [2.05, 4.69) is 15.8 Å². The monoisotopic (exact) mass is 347 g/mol. The Morgan fingerprint density at radius 1 is 1.25 bits per heavy atom. The third kappa shape index (κ3) is 5.73. The first-order valence-corrected chi connectivity index (χ1v) is 8.67. The van der Waals surface area contributed by atoms with Crippen LogP contribution in [0, 0.1) is 13.8 Å². The summed E-state index contributed by atoms with van der Waals surface area (Å²) in [4.78, 5) is 23.9. The third-order valence-electron chi connectivity index (χ3n) is 3.32. The Balaban J connectivity index is 1.70. The minimum absolute atomic E-state index is 0.0995. The average Bonchev–Trinajstić information content (AvgIpc) is 2.96. The molecule has 1 atom stereocenters. The summed E-state index contributed by atoms with van der Waals surface area (Å²) in [5.41, 5.74) is 2.23. The number of aromatic nitrogens is 1. The smallest absolute Gasteiger partial charge is 0.238 e. The van der Waals surface area contributed by atoms with Crippen molar-refractivity contribution in [3.63, 3.8) is 0 Å². The number of rotatable bonds is 7. The molecule has 1 heterocycles. The normalized spacial score (nSPS) is 11.8. The van der Waals surface area contributed by atoms with Crippen LogP contribution in [0.4, 0.5) is 5.82 Å². The fourth-order valence-electron chi connectivity index (χ4n) is 1.89. The van der Waals surface area contributed by atoms with E-state index in [1.165, 1.54) is 17.3 Å². The van der Waals surface area contributed by atoms with Crippen LogP contribution >= 0.6 is 11.8 Å². The van der Waals surface area contributed by atoms with Crippen LogP contribution in [-0.4, -0.2) is 28.0 Å². The zero-order valence-corrected chi connectivity index (χ0v) is 14.8. The van der Waals surface area contributed by atoms with Crippen molar-refractivity contribution in [3.05, 3.63) is 47.2 Å². The lowest BCUT2D eigenvalue weighted by atomic mass is 10.1. The number of hydrogen-bond acceptors (Lipinski definition) is 5. The minimum atomic E-state index is -0.368. The summed E-state index contributed by atoms with van der Waals surface area (Å²) in [6.07, 6.45) is 0. The van der Waals surface area contributed by atoms with Crippen LogP contribution in [0.3, 0.4) is 0 Å². The van der Waals surface area contributed by atoms with Crippen LogP contribution in [0.1, 0.15) is 23.8 Å². The predicted octanol–water partition coefficient (Wildman–Crippen LogP) is 2.67. The maximum atomic E-state index is 12.0. The number of nitrogens with zero attached hydrogens (tertiary/aromatic N) is 1. The van der Waals surface area contributed by atoms with Crippen molar-refractivity contribution in [2.24, 2.45) is 0 Å². The highest BCUT2D eigenvalue weighted by atomic mass is 32.2. The molecule has 2 aromatic rings. The molecule has 2 N–H and O–H groups in total. The van der Waals surface area contributed by atoms with Gasteiger partial charge in [-0.3, -0.25) is 9.59 Å². The number of carbonyl (C=O) groups is 2. The van der Waals surface area contributed by atoms with Crippen LogP contribution in [0.25, 0.3) is 0 Å².